The highest BCUT2D eigenvalue weighted by molar-refractivity contribution is 5.79. The first kappa shape index (κ1) is 12.7. The lowest BCUT2D eigenvalue weighted by Crippen LogP contribution is -2.07. The third-order valence-corrected chi connectivity index (χ3v) is 3.06. The van der Waals surface area contributed by atoms with Crippen molar-refractivity contribution in [3.8, 4) is 11.3 Å². The van der Waals surface area contributed by atoms with Gasteiger partial charge in [0.15, 0.2) is 11.5 Å². The van der Waals surface area contributed by atoms with Crippen LogP contribution >= 0.6 is 0 Å². The summed E-state index contributed by atoms with van der Waals surface area (Å²) in [4.78, 5) is 13.3. The van der Waals surface area contributed by atoms with Crippen LogP contribution in [0.3, 0.4) is 0 Å². The summed E-state index contributed by atoms with van der Waals surface area (Å²) in [6.07, 6.45) is 0.681. The minimum Gasteiger partial charge on any atom is -0.441 e. The third kappa shape index (κ3) is 2.40. The first-order valence-electron chi connectivity index (χ1n) is 6.58. The van der Waals surface area contributed by atoms with Crippen LogP contribution in [-0.2, 0) is 6.42 Å². The van der Waals surface area contributed by atoms with Gasteiger partial charge in [0.2, 0.25) is 0 Å². The van der Waals surface area contributed by atoms with E-state index in [0.717, 1.165) is 33.9 Å². The van der Waals surface area contributed by atoms with E-state index in [9.17, 15) is 0 Å². The van der Waals surface area contributed by atoms with Gasteiger partial charge in [0.1, 0.15) is 11.3 Å². The Morgan fingerprint density at radius 3 is 2.75 bits per heavy atom. The van der Waals surface area contributed by atoms with Crippen molar-refractivity contribution < 1.29 is 4.42 Å². The molecule has 0 saturated carbocycles. The molecule has 3 rings (SSSR count). The summed E-state index contributed by atoms with van der Waals surface area (Å²) in [5.41, 5.74) is 10.0. The van der Waals surface area contributed by atoms with Crippen LogP contribution in [0, 0.1) is 13.8 Å². The average Bonchev–Trinajstić information content (AvgIpc) is 2.77. The minimum atomic E-state index is 0.546. The Bertz CT molecular complexity index is 764. The number of nitrogens with two attached hydrogens (primary N) is 1. The van der Waals surface area contributed by atoms with Gasteiger partial charge in [0.25, 0.3) is 0 Å². The van der Waals surface area contributed by atoms with Gasteiger partial charge in [-0.1, -0.05) is 0 Å². The topological polar surface area (TPSA) is 77.8 Å². The van der Waals surface area contributed by atoms with Crippen molar-refractivity contribution in [2.24, 2.45) is 5.73 Å². The van der Waals surface area contributed by atoms with Crippen LogP contribution in [0.15, 0.2) is 28.7 Å². The van der Waals surface area contributed by atoms with E-state index in [1.165, 1.54) is 0 Å². The first-order valence-corrected chi connectivity index (χ1v) is 6.58. The zero-order chi connectivity index (χ0) is 14.1. The van der Waals surface area contributed by atoms with E-state index < -0.39 is 0 Å². The third-order valence-electron chi connectivity index (χ3n) is 3.06. The van der Waals surface area contributed by atoms with Crippen molar-refractivity contribution in [3.05, 3.63) is 41.7 Å². The van der Waals surface area contributed by atoms with Gasteiger partial charge in [-0.05, 0) is 37.7 Å². The van der Waals surface area contributed by atoms with Crippen LogP contribution in [0.25, 0.3) is 22.4 Å². The molecule has 5 heteroatoms. The summed E-state index contributed by atoms with van der Waals surface area (Å²) in [5.74, 6) is 1.44. The second kappa shape index (κ2) is 5.02. The highest BCUT2D eigenvalue weighted by atomic mass is 16.3. The van der Waals surface area contributed by atoms with Gasteiger partial charge in [-0.25, -0.2) is 15.0 Å². The van der Waals surface area contributed by atoms with Crippen molar-refractivity contribution >= 4 is 11.1 Å². The van der Waals surface area contributed by atoms with E-state index in [-0.39, 0.29) is 0 Å². The Labute approximate surface area is 116 Å². The molecule has 0 unspecified atom stereocenters. The van der Waals surface area contributed by atoms with Crippen LogP contribution in [0.2, 0.25) is 0 Å². The highest BCUT2D eigenvalue weighted by Gasteiger charge is 2.08. The molecule has 0 saturated heterocycles. The first-order chi connectivity index (χ1) is 9.65. The molecule has 20 heavy (non-hydrogen) atoms. The van der Waals surface area contributed by atoms with Gasteiger partial charge in [-0.15, -0.1) is 0 Å². The lowest BCUT2D eigenvalue weighted by Gasteiger charge is -2.05. The van der Waals surface area contributed by atoms with Gasteiger partial charge in [-0.2, -0.15) is 0 Å². The van der Waals surface area contributed by atoms with Crippen LogP contribution in [0.4, 0.5) is 0 Å². The zero-order valence-electron chi connectivity index (χ0n) is 11.6. The molecule has 5 nitrogen and oxygen atoms in total. The fourth-order valence-corrected chi connectivity index (χ4v) is 2.22. The van der Waals surface area contributed by atoms with E-state index in [1.54, 1.807) is 0 Å². The molecule has 2 N–H and O–H groups in total. The Hall–Kier alpha value is -2.27. The molecule has 0 amide bonds. The smallest absolute Gasteiger partial charge is 0.192 e. The molecular formula is C15H16N4O. The Morgan fingerprint density at radius 1 is 1.10 bits per heavy atom. The van der Waals surface area contributed by atoms with Gasteiger partial charge < -0.3 is 10.2 Å². The van der Waals surface area contributed by atoms with Crippen LogP contribution < -0.4 is 5.73 Å². The van der Waals surface area contributed by atoms with Crippen molar-refractivity contribution in [3.63, 3.8) is 0 Å². The number of benzene rings is 1. The SMILES string of the molecule is Cc1cc(-c2ccc3oc(C)nc3c2)nc(CCN)n1. The molecule has 0 aliphatic rings. The average molecular weight is 268 g/mol. The van der Waals surface area contributed by atoms with Gasteiger partial charge in [0, 0.05) is 24.6 Å². The highest BCUT2D eigenvalue weighted by Crippen LogP contribution is 2.24. The second-order valence-corrected chi connectivity index (χ2v) is 4.76. The molecule has 3 aromatic rings. The molecule has 2 heterocycles. The number of nitrogens with zero attached hydrogens (tertiary/aromatic N) is 3. The summed E-state index contributed by atoms with van der Waals surface area (Å²) in [7, 11) is 0. The van der Waals surface area contributed by atoms with Gasteiger partial charge >= 0.3 is 0 Å². The quantitative estimate of drug-likeness (QED) is 0.789. The fourth-order valence-electron chi connectivity index (χ4n) is 2.22. The lowest BCUT2D eigenvalue weighted by atomic mass is 10.1. The monoisotopic (exact) mass is 268 g/mol. The van der Waals surface area contributed by atoms with Crippen LogP contribution in [0.5, 0.6) is 0 Å². The molecule has 0 aliphatic carbocycles. The van der Waals surface area contributed by atoms with E-state index in [0.29, 0.717) is 18.9 Å². The normalized spacial score (nSPS) is 11.2. The standard InChI is InChI=1S/C15H16N4O/c1-9-7-12(19-15(17-9)5-6-16)11-3-4-14-13(8-11)18-10(2)20-14/h3-4,7-8H,5-6,16H2,1-2H3. The summed E-state index contributed by atoms with van der Waals surface area (Å²) in [5, 5.41) is 0. The minimum absolute atomic E-state index is 0.546. The lowest BCUT2D eigenvalue weighted by molar-refractivity contribution is 0.561. The largest absolute Gasteiger partial charge is 0.441 e. The molecule has 0 bridgehead atoms. The Balaban J connectivity index is 2.09. The summed E-state index contributed by atoms with van der Waals surface area (Å²) < 4.78 is 5.48. The number of aryl methyl sites for hydroxylation is 2. The molecule has 1 aromatic carbocycles. The Kier molecular flexibility index (Phi) is 3.20. The number of hydrogen-bond acceptors (Lipinski definition) is 5. The van der Waals surface area contributed by atoms with Crippen molar-refractivity contribution in [2.45, 2.75) is 20.3 Å². The van der Waals surface area contributed by atoms with Gasteiger partial charge in [0.05, 0.1) is 5.69 Å². The summed E-state index contributed by atoms with van der Waals surface area (Å²) in [6.45, 7) is 4.35. The van der Waals surface area contributed by atoms with Crippen molar-refractivity contribution in [1.82, 2.24) is 15.0 Å². The molecule has 0 spiro atoms. The van der Waals surface area contributed by atoms with E-state index >= 15 is 0 Å². The molecule has 0 radical (unpaired) electrons. The maximum Gasteiger partial charge on any atom is 0.192 e. The number of oxazole rings is 1. The maximum atomic E-state index is 5.57. The predicted octanol–water partition coefficient (Wildman–Crippen LogP) is 2.40. The maximum absolute atomic E-state index is 5.57. The fraction of sp³-hybridized carbons (Fsp3) is 0.267. The van der Waals surface area contributed by atoms with E-state index in [1.807, 2.05) is 38.1 Å². The zero-order valence-corrected chi connectivity index (χ0v) is 11.6. The van der Waals surface area contributed by atoms with Crippen molar-refractivity contribution in [2.75, 3.05) is 6.54 Å². The molecule has 0 fully saturated rings. The summed E-state index contributed by atoms with van der Waals surface area (Å²) >= 11 is 0. The number of fused-ring (bicyclic) bond motifs is 1. The van der Waals surface area contributed by atoms with E-state index in [2.05, 4.69) is 15.0 Å². The molecular weight excluding hydrogens is 252 g/mol. The number of aromatic nitrogens is 3. The molecule has 0 aliphatic heterocycles. The number of hydrogen-bond donors (Lipinski definition) is 1. The van der Waals surface area contributed by atoms with Crippen LogP contribution in [-0.4, -0.2) is 21.5 Å². The van der Waals surface area contributed by atoms with Crippen molar-refractivity contribution in [1.29, 1.82) is 0 Å². The number of rotatable bonds is 3. The summed E-state index contributed by atoms with van der Waals surface area (Å²) in [6, 6.07) is 7.86. The van der Waals surface area contributed by atoms with Gasteiger partial charge in [-0.3, -0.25) is 0 Å². The molecule has 2 aromatic heterocycles. The molecule has 102 valence electrons. The second-order valence-electron chi connectivity index (χ2n) is 4.76. The van der Waals surface area contributed by atoms with E-state index in [4.69, 9.17) is 10.2 Å². The van der Waals surface area contributed by atoms with Crippen LogP contribution in [0.1, 0.15) is 17.4 Å². The predicted molar refractivity (Wildman–Crippen MR) is 77.3 cm³/mol. The molecule has 0 atom stereocenters. The Morgan fingerprint density at radius 2 is 1.95 bits per heavy atom.